The van der Waals surface area contributed by atoms with Gasteiger partial charge in [0, 0.05) is 44.3 Å². The van der Waals surface area contributed by atoms with Crippen molar-refractivity contribution in [2.75, 3.05) is 33.4 Å². The van der Waals surface area contributed by atoms with E-state index in [4.69, 9.17) is 4.74 Å². The monoisotopic (exact) mass is 333 g/mol. The number of ether oxygens (including phenoxy) is 1. The highest BCUT2D eigenvalue weighted by molar-refractivity contribution is 5.95. The minimum Gasteiger partial charge on any atom is -0.396 e. The van der Waals surface area contributed by atoms with Crippen LogP contribution in [0.5, 0.6) is 0 Å². The second kappa shape index (κ2) is 7.15. The Balaban J connectivity index is 1.74. The van der Waals surface area contributed by atoms with Crippen molar-refractivity contribution in [2.24, 2.45) is 5.41 Å². The molecule has 0 unspecified atom stereocenters. The van der Waals surface area contributed by atoms with Crippen molar-refractivity contribution in [3.8, 4) is 0 Å². The molecule has 24 heavy (non-hydrogen) atoms. The van der Waals surface area contributed by atoms with Gasteiger partial charge in [-0.2, -0.15) is 0 Å². The SMILES string of the molecule is COCC[C@@]1(CO)CCCN(C(=O)c2cnc(C3CC3)nc2C)C1. The number of nitrogens with zero attached hydrogens (tertiary/aromatic N) is 3. The zero-order valence-electron chi connectivity index (χ0n) is 14.6. The quantitative estimate of drug-likeness (QED) is 0.861. The number of aryl methyl sites for hydroxylation is 1. The fraction of sp³-hybridized carbons (Fsp3) is 0.722. The fourth-order valence-electron chi connectivity index (χ4n) is 3.52. The number of aliphatic hydroxyl groups is 1. The predicted octanol–water partition coefficient (Wildman–Crippen LogP) is 1.91. The van der Waals surface area contributed by atoms with Crippen LogP contribution in [0.3, 0.4) is 0 Å². The lowest BCUT2D eigenvalue weighted by Crippen LogP contribution is -2.48. The summed E-state index contributed by atoms with van der Waals surface area (Å²) >= 11 is 0. The van der Waals surface area contributed by atoms with Crippen molar-refractivity contribution in [1.29, 1.82) is 0 Å². The number of aliphatic hydroxyl groups excluding tert-OH is 1. The van der Waals surface area contributed by atoms with Crippen molar-refractivity contribution < 1.29 is 14.6 Å². The second-order valence-corrected chi connectivity index (χ2v) is 7.23. The molecule has 3 rings (SSSR count). The number of rotatable bonds is 6. The maximum atomic E-state index is 12.9. The van der Waals surface area contributed by atoms with Crippen LogP contribution in [0.25, 0.3) is 0 Å². The lowest BCUT2D eigenvalue weighted by atomic mass is 9.78. The van der Waals surface area contributed by atoms with Crippen LogP contribution in [-0.2, 0) is 4.74 Å². The average Bonchev–Trinajstić information content (AvgIpc) is 3.44. The van der Waals surface area contributed by atoms with Crippen LogP contribution in [0, 0.1) is 12.3 Å². The summed E-state index contributed by atoms with van der Waals surface area (Å²) < 4.78 is 5.18. The minimum absolute atomic E-state index is 0.0233. The normalized spacial score (nSPS) is 24.2. The van der Waals surface area contributed by atoms with Gasteiger partial charge in [-0.3, -0.25) is 4.79 Å². The summed E-state index contributed by atoms with van der Waals surface area (Å²) in [5.41, 5.74) is 1.08. The summed E-state index contributed by atoms with van der Waals surface area (Å²) in [6.45, 7) is 3.85. The molecule has 1 aliphatic carbocycles. The fourth-order valence-corrected chi connectivity index (χ4v) is 3.52. The highest BCUT2D eigenvalue weighted by atomic mass is 16.5. The molecule has 2 aliphatic rings. The Bertz CT molecular complexity index is 603. The van der Waals surface area contributed by atoms with Crippen LogP contribution >= 0.6 is 0 Å². The lowest BCUT2D eigenvalue weighted by Gasteiger charge is -2.42. The van der Waals surface area contributed by atoms with E-state index >= 15 is 0 Å². The van der Waals surface area contributed by atoms with Crippen molar-refractivity contribution in [3.63, 3.8) is 0 Å². The molecule has 2 fully saturated rings. The maximum Gasteiger partial charge on any atom is 0.257 e. The smallest absolute Gasteiger partial charge is 0.257 e. The Morgan fingerprint density at radius 2 is 2.29 bits per heavy atom. The maximum absolute atomic E-state index is 12.9. The Morgan fingerprint density at radius 1 is 1.50 bits per heavy atom. The Hall–Kier alpha value is -1.53. The van der Waals surface area contributed by atoms with E-state index in [2.05, 4.69) is 9.97 Å². The molecule has 2 heterocycles. The third kappa shape index (κ3) is 3.59. The Kier molecular flexibility index (Phi) is 5.15. The largest absolute Gasteiger partial charge is 0.396 e. The highest BCUT2D eigenvalue weighted by Gasteiger charge is 2.37. The number of aromatic nitrogens is 2. The van der Waals surface area contributed by atoms with Gasteiger partial charge in [-0.15, -0.1) is 0 Å². The standard InChI is InChI=1S/C18H27N3O3/c1-13-15(10-19-16(20-13)14-4-5-14)17(23)21-8-3-6-18(11-21,12-22)7-9-24-2/h10,14,22H,3-9,11-12H2,1-2H3/t18-/m0/s1. The number of likely N-dealkylation sites (tertiary alicyclic amines) is 1. The number of hydrogen-bond donors (Lipinski definition) is 1. The van der Waals surface area contributed by atoms with Crippen LogP contribution in [0.1, 0.15) is 59.9 Å². The molecule has 1 N–H and O–H groups in total. The zero-order valence-corrected chi connectivity index (χ0v) is 14.6. The van der Waals surface area contributed by atoms with E-state index in [1.165, 1.54) is 0 Å². The summed E-state index contributed by atoms with van der Waals surface area (Å²) in [6.07, 6.45) is 6.57. The van der Waals surface area contributed by atoms with Gasteiger partial charge in [-0.25, -0.2) is 9.97 Å². The van der Waals surface area contributed by atoms with Crippen molar-refractivity contribution in [1.82, 2.24) is 14.9 Å². The number of carbonyl (C=O) groups excluding carboxylic acids is 1. The molecule has 132 valence electrons. The Morgan fingerprint density at radius 3 is 2.92 bits per heavy atom. The molecule has 1 saturated heterocycles. The van der Waals surface area contributed by atoms with Gasteiger partial charge in [0.25, 0.3) is 5.91 Å². The third-order valence-corrected chi connectivity index (χ3v) is 5.29. The molecule has 1 saturated carbocycles. The minimum atomic E-state index is -0.257. The molecule has 1 atom stereocenters. The summed E-state index contributed by atoms with van der Waals surface area (Å²) in [6, 6.07) is 0. The molecule has 1 aromatic heterocycles. The molecule has 0 radical (unpaired) electrons. The first-order valence-corrected chi connectivity index (χ1v) is 8.81. The molecule has 6 nitrogen and oxygen atoms in total. The first kappa shape index (κ1) is 17.3. The van der Waals surface area contributed by atoms with E-state index in [-0.39, 0.29) is 17.9 Å². The molecule has 0 aromatic carbocycles. The van der Waals surface area contributed by atoms with E-state index < -0.39 is 0 Å². The molecule has 1 aromatic rings. The average molecular weight is 333 g/mol. The number of carbonyl (C=O) groups is 1. The Labute approximate surface area is 143 Å². The molecule has 0 bridgehead atoms. The molecular weight excluding hydrogens is 306 g/mol. The topological polar surface area (TPSA) is 75.6 Å². The van der Waals surface area contributed by atoms with E-state index in [1.54, 1.807) is 13.3 Å². The van der Waals surface area contributed by atoms with Crippen molar-refractivity contribution in [2.45, 2.75) is 44.9 Å². The van der Waals surface area contributed by atoms with Gasteiger partial charge < -0.3 is 14.7 Å². The molecule has 6 heteroatoms. The van der Waals surface area contributed by atoms with Gasteiger partial charge in [0.15, 0.2) is 0 Å². The zero-order chi connectivity index (χ0) is 17.2. The number of hydrogen-bond acceptors (Lipinski definition) is 5. The van der Waals surface area contributed by atoms with Crippen LogP contribution < -0.4 is 0 Å². The predicted molar refractivity (Wildman–Crippen MR) is 89.9 cm³/mol. The molecule has 1 amide bonds. The van der Waals surface area contributed by atoms with Gasteiger partial charge in [0.2, 0.25) is 0 Å². The van der Waals surface area contributed by atoms with Crippen LogP contribution in [0.4, 0.5) is 0 Å². The van der Waals surface area contributed by atoms with Gasteiger partial charge >= 0.3 is 0 Å². The first-order chi connectivity index (χ1) is 11.6. The van der Waals surface area contributed by atoms with Crippen LogP contribution in [0.2, 0.25) is 0 Å². The first-order valence-electron chi connectivity index (χ1n) is 8.81. The van der Waals surface area contributed by atoms with Gasteiger partial charge in [-0.1, -0.05) is 0 Å². The second-order valence-electron chi connectivity index (χ2n) is 7.23. The summed E-state index contributed by atoms with van der Waals surface area (Å²) in [7, 11) is 1.67. The number of amides is 1. The van der Waals surface area contributed by atoms with E-state index in [9.17, 15) is 9.90 Å². The summed E-state index contributed by atoms with van der Waals surface area (Å²) in [5.74, 6) is 1.33. The van der Waals surface area contributed by atoms with Gasteiger partial charge in [0.1, 0.15) is 5.82 Å². The van der Waals surface area contributed by atoms with Gasteiger partial charge in [0.05, 0.1) is 17.9 Å². The van der Waals surface area contributed by atoms with Crippen LogP contribution in [-0.4, -0.2) is 59.3 Å². The number of piperidine rings is 1. The molecule has 1 aliphatic heterocycles. The molecular formula is C18H27N3O3. The van der Waals surface area contributed by atoms with E-state index in [1.807, 2.05) is 11.8 Å². The van der Waals surface area contributed by atoms with Crippen molar-refractivity contribution in [3.05, 3.63) is 23.3 Å². The lowest BCUT2D eigenvalue weighted by molar-refractivity contribution is 0.00891. The third-order valence-electron chi connectivity index (χ3n) is 5.29. The van der Waals surface area contributed by atoms with Gasteiger partial charge in [-0.05, 0) is 39.0 Å². The van der Waals surface area contributed by atoms with E-state index in [0.29, 0.717) is 24.6 Å². The molecule has 0 spiro atoms. The summed E-state index contributed by atoms with van der Waals surface area (Å²) in [4.78, 5) is 23.7. The van der Waals surface area contributed by atoms with Crippen molar-refractivity contribution >= 4 is 5.91 Å². The number of methoxy groups -OCH3 is 1. The highest BCUT2D eigenvalue weighted by Crippen LogP contribution is 2.38. The van der Waals surface area contributed by atoms with Crippen LogP contribution in [0.15, 0.2) is 6.20 Å². The summed E-state index contributed by atoms with van der Waals surface area (Å²) in [5, 5.41) is 9.88. The van der Waals surface area contributed by atoms with E-state index in [0.717, 1.165) is 50.2 Å².